The standard InChI is InChI=1S/C32H50N4O7S2/c1-23-20-36(24(2)22-37)32(39)27-19-26(33-45(40,41)31-13-10-18-44-31)14-15-28(27)43-25(3)11-7-8-17-42-29(23)21-35(6)30(38)12-9-16-34(4)5/h10,13-15,18-19,23-25,29,33,37H,7-9,11-12,16-17,20-22H2,1-6H3/t23-,24-,25+,29-/m1/s1. The SMILES string of the molecule is C[C@@H]1CN([C@H](C)CO)C(=O)c2cc(NS(=O)(=O)c3cccs3)ccc2O[C@@H](C)CCCCO[C@@H]1CN(C)C(=O)CCCN(C)C. The van der Waals surface area contributed by atoms with Gasteiger partial charge in [-0.15, -0.1) is 11.3 Å². The zero-order chi connectivity index (χ0) is 33.1. The number of nitrogens with one attached hydrogen (secondary N) is 1. The normalized spacial score (nSPS) is 21.0. The molecule has 1 aliphatic rings. The third kappa shape index (κ3) is 11.0. The zero-order valence-corrected chi connectivity index (χ0v) is 29.0. The first-order valence-corrected chi connectivity index (χ1v) is 18.0. The molecule has 0 spiro atoms. The molecule has 0 saturated carbocycles. The summed E-state index contributed by atoms with van der Waals surface area (Å²) in [7, 11) is 1.90. The number of likely N-dealkylation sites (N-methyl/N-ethyl adjacent to an activating group) is 1. The number of hydrogen-bond acceptors (Lipinski definition) is 9. The number of benzene rings is 1. The summed E-state index contributed by atoms with van der Waals surface area (Å²) in [5.41, 5.74) is 0.427. The van der Waals surface area contributed by atoms with Crippen LogP contribution in [0.15, 0.2) is 39.9 Å². The maximum atomic E-state index is 14.3. The largest absolute Gasteiger partial charge is 0.490 e. The van der Waals surface area contributed by atoms with E-state index in [0.29, 0.717) is 25.3 Å². The van der Waals surface area contributed by atoms with E-state index in [0.717, 1.165) is 43.6 Å². The lowest BCUT2D eigenvalue weighted by molar-refractivity contribution is -0.132. The Morgan fingerprint density at radius 2 is 1.96 bits per heavy atom. The highest BCUT2D eigenvalue weighted by Crippen LogP contribution is 2.30. The number of thiophene rings is 1. The molecule has 0 aliphatic carbocycles. The van der Waals surface area contributed by atoms with Crippen LogP contribution in [0.2, 0.25) is 0 Å². The number of sulfonamides is 1. The molecule has 2 heterocycles. The number of aliphatic hydroxyl groups is 1. The van der Waals surface area contributed by atoms with Crippen molar-refractivity contribution in [2.45, 2.75) is 75.3 Å². The first-order valence-electron chi connectivity index (χ1n) is 15.6. The Bertz CT molecular complexity index is 1340. The van der Waals surface area contributed by atoms with Crippen molar-refractivity contribution in [1.29, 1.82) is 0 Å². The summed E-state index contributed by atoms with van der Waals surface area (Å²) in [4.78, 5) is 32.5. The summed E-state index contributed by atoms with van der Waals surface area (Å²) >= 11 is 1.10. The lowest BCUT2D eigenvalue weighted by Gasteiger charge is -2.36. The van der Waals surface area contributed by atoms with E-state index < -0.39 is 22.0 Å². The fourth-order valence-electron chi connectivity index (χ4n) is 5.18. The maximum Gasteiger partial charge on any atom is 0.271 e. The van der Waals surface area contributed by atoms with E-state index in [2.05, 4.69) is 9.62 Å². The second-order valence-electron chi connectivity index (χ2n) is 12.2. The molecule has 3 rings (SSSR count). The maximum absolute atomic E-state index is 14.3. The Kier molecular flexibility index (Phi) is 14.1. The third-order valence-electron chi connectivity index (χ3n) is 7.94. The highest BCUT2D eigenvalue weighted by molar-refractivity contribution is 7.94. The van der Waals surface area contributed by atoms with Crippen LogP contribution in [-0.4, -0.2) is 112 Å². The summed E-state index contributed by atoms with van der Waals surface area (Å²) in [6, 6.07) is 7.34. The number of nitrogens with zero attached hydrogens (tertiary/aromatic N) is 3. The van der Waals surface area contributed by atoms with Gasteiger partial charge in [-0.25, -0.2) is 8.42 Å². The average Bonchev–Trinajstić information content (AvgIpc) is 3.54. The first kappa shape index (κ1) is 36.8. The second kappa shape index (κ2) is 17.3. The van der Waals surface area contributed by atoms with Gasteiger partial charge in [0, 0.05) is 44.8 Å². The van der Waals surface area contributed by atoms with Gasteiger partial charge in [-0.05, 0) is 89.8 Å². The van der Waals surface area contributed by atoms with Crippen LogP contribution in [0.3, 0.4) is 0 Å². The minimum Gasteiger partial charge on any atom is -0.490 e. The highest BCUT2D eigenvalue weighted by atomic mass is 32.2. The summed E-state index contributed by atoms with van der Waals surface area (Å²) in [6.45, 7) is 7.37. The van der Waals surface area contributed by atoms with Crippen molar-refractivity contribution in [3.63, 3.8) is 0 Å². The van der Waals surface area contributed by atoms with Crippen LogP contribution >= 0.6 is 11.3 Å². The van der Waals surface area contributed by atoms with Crippen LogP contribution in [0.4, 0.5) is 5.69 Å². The molecule has 11 nitrogen and oxygen atoms in total. The Balaban J connectivity index is 1.92. The fraction of sp³-hybridized carbons (Fsp3) is 0.625. The summed E-state index contributed by atoms with van der Waals surface area (Å²) in [5, 5.41) is 11.8. The van der Waals surface area contributed by atoms with Gasteiger partial charge in [0.1, 0.15) is 9.96 Å². The van der Waals surface area contributed by atoms with Crippen molar-refractivity contribution >= 4 is 38.9 Å². The fourth-order valence-corrected chi connectivity index (χ4v) is 7.22. The summed E-state index contributed by atoms with van der Waals surface area (Å²) in [5.74, 6) is -0.193. The molecule has 2 aromatic rings. The number of aliphatic hydroxyl groups excluding tert-OH is 1. The van der Waals surface area contributed by atoms with Gasteiger partial charge in [-0.2, -0.15) is 0 Å². The molecule has 1 aromatic heterocycles. The zero-order valence-electron chi connectivity index (χ0n) is 27.4. The van der Waals surface area contributed by atoms with Crippen LogP contribution in [-0.2, 0) is 19.6 Å². The average molecular weight is 667 g/mol. The van der Waals surface area contributed by atoms with E-state index >= 15 is 0 Å². The van der Waals surface area contributed by atoms with Crippen molar-refractivity contribution in [3.8, 4) is 5.75 Å². The van der Waals surface area contributed by atoms with E-state index in [-0.39, 0.29) is 52.6 Å². The molecule has 4 atom stereocenters. The predicted molar refractivity (Wildman–Crippen MR) is 177 cm³/mol. The molecule has 0 fully saturated rings. The third-order valence-corrected chi connectivity index (χ3v) is 10.7. The van der Waals surface area contributed by atoms with Gasteiger partial charge < -0.3 is 29.3 Å². The highest BCUT2D eigenvalue weighted by Gasteiger charge is 2.31. The van der Waals surface area contributed by atoms with Crippen molar-refractivity contribution in [2.75, 3.05) is 58.7 Å². The van der Waals surface area contributed by atoms with E-state index in [1.165, 1.54) is 12.1 Å². The van der Waals surface area contributed by atoms with Crippen LogP contribution in [0.1, 0.15) is 63.2 Å². The predicted octanol–water partition coefficient (Wildman–Crippen LogP) is 4.14. The number of amides is 2. The summed E-state index contributed by atoms with van der Waals surface area (Å²) in [6.07, 6.45) is 3.03. The number of rotatable bonds is 11. The lowest BCUT2D eigenvalue weighted by Crippen LogP contribution is -2.48. The molecule has 13 heteroatoms. The second-order valence-corrected chi connectivity index (χ2v) is 15.1. The number of ether oxygens (including phenoxy) is 2. The molecule has 45 heavy (non-hydrogen) atoms. The van der Waals surface area contributed by atoms with Crippen LogP contribution in [0, 0.1) is 5.92 Å². The number of carbonyl (C=O) groups excluding carboxylic acids is 2. The number of hydrogen-bond donors (Lipinski definition) is 2. The van der Waals surface area contributed by atoms with Gasteiger partial charge in [0.25, 0.3) is 15.9 Å². The smallest absolute Gasteiger partial charge is 0.271 e. The van der Waals surface area contributed by atoms with E-state index in [1.54, 1.807) is 47.4 Å². The van der Waals surface area contributed by atoms with Gasteiger partial charge >= 0.3 is 0 Å². The van der Waals surface area contributed by atoms with Gasteiger partial charge in [0.2, 0.25) is 5.91 Å². The van der Waals surface area contributed by atoms with Crippen molar-refractivity contribution in [2.24, 2.45) is 5.92 Å². The molecule has 0 radical (unpaired) electrons. The number of fused-ring (bicyclic) bond motifs is 1. The molecule has 0 saturated heterocycles. The monoisotopic (exact) mass is 666 g/mol. The van der Waals surface area contributed by atoms with Crippen molar-refractivity contribution in [3.05, 3.63) is 41.3 Å². The van der Waals surface area contributed by atoms with E-state index in [4.69, 9.17) is 9.47 Å². The van der Waals surface area contributed by atoms with Gasteiger partial charge in [0.05, 0.1) is 30.4 Å². The molecule has 0 unspecified atom stereocenters. The van der Waals surface area contributed by atoms with E-state index in [1.807, 2.05) is 27.9 Å². The van der Waals surface area contributed by atoms with Crippen LogP contribution < -0.4 is 9.46 Å². The molecular formula is C32H50N4O7S2. The molecule has 2 N–H and O–H groups in total. The number of anilines is 1. The minimum absolute atomic E-state index is 0.0427. The molecule has 1 aromatic carbocycles. The Labute approximate surface area is 272 Å². The van der Waals surface area contributed by atoms with Gasteiger partial charge in [-0.3, -0.25) is 14.3 Å². The Morgan fingerprint density at radius 1 is 1.20 bits per heavy atom. The van der Waals surface area contributed by atoms with Crippen LogP contribution in [0.5, 0.6) is 5.75 Å². The quantitative estimate of drug-likeness (QED) is 0.366. The summed E-state index contributed by atoms with van der Waals surface area (Å²) < 4.78 is 41.2. The Morgan fingerprint density at radius 3 is 2.62 bits per heavy atom. The van der Waals surface area contributed by atoms with Crippen LogP contribution in [0.25, 0.3) is 0 Å². The molecule has 2 amide bonds. The molecule has 1 aliphatic heterocycles. The molecule has 0 bridgehead atoms. The number of carbonyl (C=O) groups is 2. The van der Waals surface area contributed by atoms with Crippen molar-refractivity contribution in [1.82, 2.24) is 14.7 Å². The minimum atomic E-state index is -3.84. The first-order chi connectivity index (χ1) is 21.3. The Hall–Kier alpha value is -2.71. The van der Waals surface area contributed by atoms with Gasteiger partial charge in [-0.1, -0.05) is 13.0 Å². The molecular weight excluding hydrogens is 617 g/mol. The van der Waals surface area contributed by atoms with Gasteiger partial charge in [0.15, 0.2) is 0 Å². The van der Waals surface area contributed by atoms with E-state index in [9.17, 15) is 23.1 Å². The topological polar surface area (TPSA) is 129 Å². The molecule has 252 valence electrons. The lowest BCUT2D eigenvalue weighted by atomic mass is 10.0. The van der Waals surface area contributed by atoms with Crippen molar-refractivity contribution < 1.29 is 32.6 Å².